The van der Waals surface area contributed by atoms with E-state index in [2.05, 4.69) is 35.0 Å². The molecule has 0 aliphatic carbocycles. The summed E-state index contributed by atoms with van der Waals surface area (Å²) in [6.07, 6.45) is 3.41. The van der Waals surface area contributed by atoms with Gasteiger partial charge >= 0.3 is 0 Å². The Morgan fingerprint density at radius 2 is 2.06 bits per heavy atom. The molecule has 1 amide bonds. The van der Waals surface area contributed by atoms with Crippen LogP contribution in [-0.4, -0.2) is 60.5 Å². The highest BCUT2D eigenvalue weighted by molar-refractivity contribution is 5.98. The normalized spacial score (nSPS) is 17.0. The number of hydrogen-bond acceptors (Lipinski definition) is 3. The molecule has 0 spiro atoms. The zero-order valence-electron chi connectivity index (χ0n) is 18.6. The average molecular weight is 420 g/mol. The van der Waals surface area contributed by atoms with E-state index in [1.807, 2.05) is 41.3 Å². The number of aromatic nitrogens is 1. The minimum absolute atomic E-state index is 0.104. The quantitative estimate of drug-likeness (QED) is 0.581. The molecule has 3 aromatic rings. The highest BCUT2D eigenvalue weighted by Gasteiger charge is 2.25. The molecule has 1 aliphatic heterocycles. The number of fused-ring (bicyclic) bond motifs is 1. The number of benzene rings is 2. The number of carbonyl (C=O) groups excluding carboxylic acids is 1. The number of nitrogens with zero attached hydrogens (tertiary/aromatic N) is 2. The summed E-state index contributed by atoms with van der Waals surface area (Å²) in [4.78, 5) is 21.0. The molecule has 0 radical (unpaired) electrons. The first-order valence-electron chi connectivity index (χ1n) is 11.4. The number of rotatable bonds is 8. The Bertz CT molecular complexity index is 980. The largest absolute Gasteiger partial charge is 0.497 e. The lowest BCUT2D eigenvalue weighted by Crippen LogP contribution is -2.43. The van der Waals surface area contributed by atoms with Gasteiger partial charge in [-0.15, -0.1) is 0 Å². The topological polar surface area (TPSA) is 48.6 Å². The maximum absolute atomic E-state index is 13.1. The number of carbonyl (C=O) groups is 1. The summed E-state index contributed by atoms with van der Waals surface area (Å²) < 4.78 is 5.34. The summed E-state index contributed by atoms with van der Waals surface area (Å²) in [5, 5.41) is 1.09. The number of nitrogens with one attached hydrogen (secondary N) is 1. The van der Waals surface area contributed by atoms with Gasteiger partial charge in [-0.25, -0.2) is 0 Å². The fourth-order valence-corrected chi connectivity index (χ4v) is 4.64. The van der Waals surface area contributed by atoms with E-state index in [0.29, 0.717) is 11.6 Å². The number of H-pyrrole nitrogens is 1. The van der Waals surface area contributed by atoms with Crippen molar-refractivity contribution in [3.63, 3.8) is 0 Å². The second kappa shape index (κ2) is 10.0. The molecule has 2 heterocycles. The molecule has 1 aliphatic rings. The molecule has 1 N–H and O–H groups in total. The standard InChI is InChI=1S/C26H33N3O2/c1-3-29(26(30)25-17-22-10-4-5-12-24(22)27-25)19-21-9-7-14-28(18-21)15-13-20-8-6-11-23(16-20)31-2/h4-6,8,10-12,16-17,21,27H,3,7,9,13-15,18-19H2,1-2H3. The van der Waals surface area contributed by atoms with Gasteiger partial charge in [-0.3, -0.25) is 4.79 Å². The van der Waals surface area contributed by atoms with E-state index in [4.69, 9.17) is 4.74 Å². The number of likely N-dealkylation sites (tertiary alicyclic amines) is 1. The number of methoxy groups -OCH3 is 1. The van der Waals surface area contributed by atoms with Crippen molar-refractivity contribution in [3.8, 4) is 5.75 Å². The fraction of sp³-hybridized carbons (Fsp3) is 0.423. The molecular weight excluding hydrogens is 386 g/mol. The summed E-state index contributed by atoms with van der Waals surface area (Å²) >= 11 is 0. The molecule has 164 valence electrons. The zero-order chi connectivity index (χ0) is 21.6. The lowest BCUT2D eigenvalue weighted by atomic mass is 9.96. The fourth-order valence-electron chi connectivity index (χ4n) is 4.64. The molecule has 1 aromatic heterocycles. The zero-order valence-corrected chi connectivity index (χ0v) is 18.6. The maximum Gasteiger partial charge on any atom is 0.270 e. The van der Waals surface area contributed by atoms with Crippen molar-refractivity contribution in [3.05, 3.63) is 65.9 Å². The van der Waals surface area contributed by atoms with Crippen molar-refractivity contribution in [1.29, 1.82) is 0 Å². The van der Waals surface area contributed by atoms with Crippen molar-refractivity contribution >= 4 is 16.8 Å². The lowest BCUT2D eigenvalue weighted by Gasteiger charge is -2.35. The van der Waals surface area contributed by atoms with Crippen LogP contribution in [0, 0.1) is 5.92 Å². The van der Waals surface area contributed by atoms with E-state index in [9.17, 15) is 4.79 Å². The average Bonchev–Trinajstić information content (AvgIpc) is 3.25. The van der Waals surface area contributed by atoms with Gasteiger partial charge in [0.15, 0.2) is 0 Å². The van der Waals surface area contributed by atoms with Crippen LogP contribution in [0.2, 0.25) is 0 Å². The van der Waals surface area contributed by atoms with Crippen molar-refractivity contribution in [1.82, 2.24) is 14.8 Å². The van der Waals surface area contributed by atoms with Gasteiger partial charge in [0.05, 0.1) is 7.11 Å². The van der Waals surface area contributed by atoms with Gasteiger partial charge in [-0.05, 0) is 68.5 Å². The molecule has 5 nitrogen and oxygen atoms in total. The first-order valence-corrected chi connectivity index (χ1v) is 11.4. The molecule has 1 atom stereocenters. The summed E-state index contributed by atoms with van der Waals surface area (Å²) in [5.41, 5.74) is 3.02. The second-order valence-electron chi connectivity index (χ2n) is 8.52. The van der Waals surface area contributed by atoms with Crippen LogP contribution in [0.1, 0.15) is 35.8 Å². The Labute approximate surface area is 185 Å². The van der Waals surface area contributed by atoms with Crippen LogP contribution in [0.3, 0.4) is 0 Å². The van der Waals surface area contributed by atoms with E-state index in [-0.39, 0.29) is 5.91 Å². The van der Waals surface area contributed by atoms with Gasteiger partial charge in [0.1, 0.15) is 11.4 Å². The monoisotopic (exact) mass is 419 g/mol. The van der Waals surface area contributed by atoms with Gasteiger partial charge < -0.3 is 19.5 Å². The number of aromatic amines is 1. The number of piperidine rings is 1. The number of amides is 1. The molecule has 1 saturated heterocycles. The molecule has 0 bridgehead atoms. The summed E-state index contributed by atoms with van der Waals surface area (Å²) in [6.45, 7) is 6.87. The van der Waals surface area contributed by atoms with Crippen molar-refractivity contribution in [2.75, 3.05) is 39.8 Å². The summed E-state index contributed by atoms with van der Waals surface area (Å²) in [5.74, 6) is 1.54. The highest BCUT2D eigenvalue weighted by atomic mass is 16.5. The van der Waals surface area contributed by atoms with Gasteiger partial charge in [0.25, 0.3) is 5.91 Å². The molecule has 31 heavy (non-hydrogen) atoms. The number of hydrogen-bond donors (Lipinski definition) is 1. The Kier molecular flexibility index (Phi) is 6.92. The molecule has 5 heteroatoms. The van der Waals surface area contributed by atoms with E-state index in [1.54, 1.807) is 7.11 Å². The highest BCUT2D eigenvalue weighted by Crippen LogP contribution is 2.21. The predicted octanol–water partition coefficient (Wildman–Crippen LogP) is 4.59. The van der Waals surface area contributed by atoms with Crippen LogP contribution < -0.4 is 4.74 Å². The number of ether oxygens (including phenoxy) is 1. The molecule has 1 unspecified atom stereocenters. The van der Waals surface area contributed by atoms with Crippen molar-refractivity contribution < 1.29 is 9.53 Å². The molecule has 0 saturated carbocycles. The van der Waals surface area contributed by atoms with Gasteiger partial charge in [-0.1, -0.05) is 30.3 Å². The predicted molar refractivity (Wildman–Crippen MR) is 126 cm³/mol. The third kappa shape index (κ3) is 5.28. The van der Waals surface area contributed by atoms with E-state index < -0.39 is 0 Å². The van der Waals surface area contributed by atoms with Crippen LogP contribution in [0.5, 0.6) is 5.75 Å². The molecular formula is C26H33N3O2. The van der Waals surface area contributed by atoms with E-state index >= 15 is 0 Å². The van der Waals surface area contributed by atoms with E-state index in [0.717, 1.165) is 55.8 Å². The Morgan fingerprint density at radius 3 is 2.87 bits per heavy atom. The molecule has 2 aromatic carbocycles. The van der Waals surface area contributed by atoms with Crippen molar-refractivity contribution in [2.45, 2.75) is 26.2 Å². The minimum atomic E-state index is 0.104. The first-order chi connectivity index (χ1) is 15.2. The Hall–Kier alpha value is -2.79. The maximum atomic E-state index is 13.1. The SMILES string of the molecule is CCN(CC1CCCN(CCc2cccc(OC)c2)C1)C(=O)c1cc2ccccc2[nH]1. The van der Waals surface area contributed by atoms with Gasteiger partial charge in [0, 0.05) is 37.1 Å². The third-order valence-electron chi connectivity index (χ3n) is 6.36. The second-order valence-corrected chi connectivity index (χ2v) is 8.52. The minimum Gasteiger partial charge on any atom is -0.497 e. The van der Waals surface area contributed by atoms with Gasteiger partial charge in [-0.2, -0.15) is 0 Å². The smallest absolute Gasteiger partial charge is 0.270 e. The van der Waals surface area contributed by atoms with Crippen molar-refractivity contribution in [2.24, 2.45) is 5.92 Å². The first kappa shape index (κ1) is 21.4. The summed E-state index contributed by atoms with van der Waals surface area (Å²) in [6, 6.07) is 18.4. The van der Waals surface area contributed by atoms with Crippen LogP contribution in [-0.2, 0) is 6.42 Å². The molecule has 1 fully saturated rings. The summed E-state index contributed by atoms with van der Waals surface area (Å²) in [7, 11) is 1.71. The lowest BCUT2D eigenvalue weighted by molar-refractivity contribution is 0.0686. The van der Waals surface area contributed by atoms with E-state index in [1.165, 1.54) is 18.4 Å². The Morgan fingerprint density at radius 1 is 1.19 bits per heavy atom. The van der Waals surface area contributed by atoms with Crippen LogP contribution in [0.25, 0.3) is 10.9 Å². The van der Waals surface area contributed by atoms with Gasteiger partial charge in [0.2, 0.25) is 0 Å². The number of para-hydroxylation sites is 1. The van der Waals surface area contributed by atoms with Crippen LogP contribution in [0.4, 0.5) is 0 Å². The third-order valence-corrected chi connectivity index (χ3v) is 6.36. The Balaban J connectivity index is 1.34. The van der Waals surface area contributed by atoms with Crippen LogP contribution >= 0.6 is 0 Å². The molecule has 4 rings (SSSR count). The van der Waals surface area contributed by atoms with Crippen LogP contribution in [0.15, 0.2) is 54.6 Å².